The van der Waals surface area contributed by atoms with Gasteiger partial charge in [0.15, 0.2) is 5.78 Å². The number of carbonyl (C=O) groups excluding carboxylic acids is 2. The molecular formula is C22H30O6. The lowest BCUT2D eigenvalue weighted by molar-refractivity contribution is -0.196. The summed E-state index contributed by atoms with van der Waals surface area (Å²) in [5.41, 5.74) is 0.592. The molecule has 6 unspecified atom stereocenters. The van der Waals surface area contributed by atoms with Crippen LogP contribution in [0.2, 0.25) is 0 Å². The third-order valence-corrected chi connectivity index (χ3v) is 8.27. The van der Waals surface area contributed by atoms with Crippen molar-refractivity contribution in [2.24, 2.45) is 22.7 Å². The summed E-state index contributed by atoms with van der Waals surface area (Å²) in [6.45, 7) is 5.40. The number of Topliss-reactive ketones (excluding diaryl/α,β-unsaturated/α-hetero) is 1. The highest BCUT2D eigenvalue weighted by Gasteiger charge is 2.66. The number of furan rings is 1. The number of fused-ring (bicyclic) bond motifs is 5. The molecule has 0 aromatic carbocycles. The Morgan fingerprint density at radius 3 is 2.71 bits per heavy atom. The number of ether oxygens (including phenoxy) is 1. The first kappa shape index (κ1) is 19.6. The minimum atomic E-state index is -1.14. The predicted octanol–water partition coefficient (Wildman–Crippen LogP) is 2.39. The Labute approximate surface area is 165 Å². The first-order valence-electron chi connectivity index (χ1n) is 10.2. The van der Waals surface area contributed by atoms with Gasteiger partial charge in [-0.3, -0.25) is 9.59 Å². The van der Waals surface area contributed by atoms with Gasteiger partial charge in [0.1, 0.15) is 6.10 Å². The molecule has 28 heavy (non-hydrogen) atoms. The van der Waals surface area contributed by atoms with Crippen molar-refractivity contribution in [1.29, 1.82) is 0 Å². The highest BCUT2D eigenvalue weighted by Crippen LogP contribution is 2.66. The second-order valence-electron chi connectivity index (χ2n) is 9.64. The van der Waals surface area contributed by atoms with Crippen LogP contribution in [-0.2, 0) is 26.2 Å². The van der Waals surface area contributed by atoms with Gasteiger partial charge in [0, 0.05) is 29.7 Å². The van der Waals surface area contributed by atoms with E-state index in [2.05, 4.69) is 6.92 Å². The van der Waals surface area contributed by atoms with Crippen LogP contribution in [0.15, 0.2) is 16.9 Å². The molecule has 0 spiro atoms. The standard InChI is InChI=1S/C22H30O6/c1-13(24)28-12-21(3)17-6-7-22(11-23)15-10-27-9-14(15)4-5-18(22)20(17,2)8-16(25)19(21)26/h9-10,17-19,23,26H,4-8,11-12H2,1-3H3. The quantitative estimate of drug-likeness (QED) is 0.769. The van der Waals surface area contributed by atoms with Crippen LogP contribution >= 0.6 is 0 Å². The zero-order valence-corrected chi connectivity index (χ0v) is 16.9. The fraction of sp³-hybridized carbons (Fsp3) is 0.727. The topological polar surface area (TPSA) is 97.0 Å². The molecule has 6 nitrogen and oxygen atoms in total. The largest absolute Gasteiger partial charge is 0.472 e. The average Bonchev–Trinajstić information content (AvgIpc) is 3.14. The van der Waals surface area contributed by atoms with Crippen LogP contribution in [0.25, 0.3) is 0 Å². The number of hydrogen-bond acceptors (Lipinski definition) is 6. The van der Waals surface area contributed by atoms with E-state index >= 15 is 0 Å². The van der Waals surface area contributed by atoms with Gasteiger partial charge in [-0.15, -0.1) is 0 Å². The lowest BCUT2D eigenvalue weighted by Gasteiger charge is -2.64. The van der Waals surface area contributed by atoms with Gasteiger partial charge in [-0.25, -0.2) is 0 Å². The van der Waals surface area contributed by atoms with E-state index in [9.17, 15) is 19.8 Å². The molecular weight excluding hydrogens is 360 g/mol. The van der Waals surface area contributed by atoms with Gasteiger partial charge in [0.05, 0.1) is 25.7 Å². The molecule has 1 aromatic rings. The third kappa shape index (κ3) is 2.47. The predicted molar refractivity (Wildman–Crippen MR) is 100 cm³/mol. The maximum Gasteiger partial charge on any atom is 0.302 e. The summed E-state index contributed by atoms with van der Waals surface area (Å²) >= 11 is 0. The summed E-state index contributed by atoms with van der Waals surface area (Å²) in [4.78, 5) is 24.4. The second-order valence-corrected chi connectivity index (χ2v) is 9.64. The smallest absolute Gasteiger partial charge is 0.302 e. The Kier molecular flexibility index (Phi) is 4.51. The van der Waals surface area contributed by atoms with Crippen molar-refractivity contribution in [3.8, 4) is 0 Å². The van der Waals surface area contributed by atoms with Crippen molar-refractivity contribution in [2.75, 3.05) is 13.2 Å². The molecule has 2 saturated carbocycles. The number of rotatable bonds is 3. The van der Waals surface area contributed by atoms with E-state index in [0.29, 0.717) is 0 Å². The number of carbonyl (C=O) groups is 2. The minimum Gasteiger partial charge on any atom is -0.472 e. The summed E-state index contributed by atoms with van der Waals surface area (Å²) in [6, 6.07) is 0. The Balaban J connectivity index is 1.79. The first-order chi connectivity index (χ1) is 13.2. The zero-order valence-electron chi connectivity index (χ0n) is 16.9. The van der Waals surface area contributed by atoms with E-state index in [1.807, 2.05) is 6.92 Å². The summed E-state index contributed by atoms with van der Waals surface area (Å²) < 4.78 is 10.8. The monoisotopic (exact) mass is 390 g/mol. The molecule has 1 heterocycles. The molecule has 2 N–H and O–H groups in total. The minimum absolute atomic E-state index is 0.0178. The van der Waals surface area contributed by atoms with E-state index < -0.39 is 22.9 Å². The molecule has 6 heteroatoms. The van der Waals surface area contributed by atoms with Crippen LogP contribution in [0.5, 0.6) is 0 Å². The van der Waals surface area contributed by atoms with Gasteiger partial charge in [-0.1, -0.05) is 13.8 Å². The molecule has 0 amide bonds. The van der Waals surface area contributed by atoms with Crippen LogP contribution in [0.3, 0.4) is 0 Å². The van der Waals surface area contributed by atoms with E-state index in [-0.39, 0.29) is 42.7 Å². The highest BCUT2D eigenvalue weighted by atomic mass is 16.5. The number of aliphatic hydroxyl groups excluding tert-OH is 2. The number of hydrogen-bond donors (Lipinski definition) is 2. The maximum atomic E-state index is 12.9. The fourth-order valence-corrected chi connectivity index (χ4v) is 7.03. The molecule has 154 valence electrons. The van der Waals surface area contributed by atoms with Crippen LogP contribution in [0.4, 0.5) is 0 Å². The average molecular weight is 390 g/mol. The second kappa shape index (κ2) is 6.42. The van der Waals surface area contributed by atoms with Crippen molar-refractivity contribution in [1.82, 2.24) is 0 Å². The molecule has 3 aliphatic rings. The van der Waals surface area contributed by atoms with Gasteiger partial charge in [-0.05, 0) is 48.5 Å². The lowest BCUT2D eigenvalue weighted by Crippen LogP contribution is -2.66. The number of esters is 1. The van der Waals surface area contributed by atoms with Gasteiger partial charge < -0.3 is 19.4 Å². The van der Waals surface area contributed by atoms with Crippen LogP contribution in [0, 0.1) is 22.7 Å². The Bertz CT molecular complexity index is 799. The first-order valence-corrected chi connectivity index (χ1v) is 10.2. The van der Waals surface area contributed by atoms with Crippen molar-refractivity contribution in [3.05, 3.63) is 23.7 Å². The van der Waals surface area contributed by atoms with Gasteiger partial charge in [0.25, 0.3) is 0 Å². The normalized spacial score (nSPS) is 42.3. The van der Waals surface area contributed by atoms with Crippen molar-refractivity contribution in [3.63, 3.8) is 0 Å². The Hall–Kier alpha value is -1.66. The van der Waals surface area contributed by atoms with Crippen molar-refractivity contribution < 1.29 is 29.0 Å². The molecule has 0 saturated heterocycles. The Morgan fingerprint density at radius 1 is 1.29 bits per heavy atom. The van der Waals surface area contributed by atoms with Crippen LogP contribution < -0.4 is 0 Å². The summed E-state index contributed by atoms with van der Waals surface area (Å²) in [6.07, 6.45) is 5.92. The maximum absolute atomic E-state index is 12.9. The molecule has 0 radical (unpaired) electrons. The van der Waals surface area contributed by atoms with E-state index in [1.54, 1.807) is 12.5 Å². The van der Waals surface area contributed by atoms with E-state index in [1.165, 1.54) is 6.92 Å². The molecule has 0 aliphatic heterocycles. The highest BCUT2D eigenvalue weighted by molar-refractivity contribution is 5.85. The van der Waals surface area contributed by atoms with Gasteiger partial charge in [-0.2, -0.15) is 0 Å². The third-order valence-electron chi connectivity index (χ3n) is 8.27. The van der Waals surface area contributed by atoms with E-state index in [4.69, 9.17) is 9.15 Å². The summed E-state index contributed by atoms with van der Waals surface area (Å²) in [5.74, 6) is -0.485. The molecule has 1 aromatic heterocycles. The summed E-state index contributed by atoms with van der Waals surface area (Å²) in [5, 5.41) is 21.3. The molecule has 4 rings (SSSR count). The van der Waals surface area contributed by atoms with Crippen molar-refractivity contribution >= 4 is 11.8 Å². The number of ketones is 1. The van der Waals surface area contributed by atoms with Crippen LogP contribution in [-0.4, -0.2) is 41.3 Å². The molecule has 2 fully saturated rings. The molecule has 3 aliphatic carbocycles. The summed E-state index contributed by atoms with van der Waals surface area (Å²) in [7, 11) is 0. The molecule has 6 atom stereocenters. The molecule has 0 bridgehead atoms. The zero-order chi connectivity index (χ0) is 20.3. The Morgan fingerprint density at radius 2 is 2.04 bits per heavy atom. The lowest BCUT2D eigenvalue weighted by atomic mass is 9.40. The number of aryl methyl sites for hydroxylation is 1. The van der Waals surface area contributed by atoms with Crippen LogP contribution in [0.1, 0.15) is 57.6 Å². The van der Waals surface area contributed by atoms with E-state index in [0.717, 1.165) is 36.8 Å². The fourth-order valence-electron chi connectivity index (χ4n) is 7.03. The van der Waals surface area contributed by atoms with Gasteiger partial charge in [0.2, 0.25) is 0 Å². The number of aliphatic hydroxyl groups is 2. The SMILES string of the molecule is CC(=O)OCC1(C)C(O)C(=O)CC2(C)C3CCc4cocc4C3(CO)CCC12. The van der Waals surface area contributed by atoms with Crippen molar-refractivity contribution in [2.45, 2.75) is 64.4 Å². The van der Waals surface area contributed by atoms with Gasteiger partial charge >= 0.3 is 5.97 Å².